The molecule has 0 aliphatic carbocycles. The van der Waals surface area contributed by atoms with E-state index in [4.69, 9.17) is 4.98 Å². The smallest absolute Gasteiger partial charge is 0.169 e. The summed E-state index contributed by atoms with van der Waals surface area (Å²) in [4.78, 5) is 13.0. The fraction of sp³-hybridized carbons (Fsp3) is 0.227. The molecule has 4 heterocycles. The Hall–Kier alpha value is -2.83. The van der Waals surface area contributed by atoms with Crippen molar-refractivity contribution in [3.05, 3.63) is 88.8 Å². The summed E-state index contributed by atoms with van der Waals surface area (Å²) in [6, 6.07) is 14.6. The van der Waals surface area contributed by atoms with E-state index in [9.17, 15) is 0 Å². The topological polar surface area (TPSA) is 46.8 Å². The number of benzene rings is 1. The van der Waals surface area contributed by atoms with E-state index >= 15 is 0 Å². The van der Waals surface area contributed by atoms with Crippen LogP contribution in [0, 0.1) is 0 Å². The van der Waals surface area contributed by atoms with E-state index < -0.39 is 0 Å². The first-order valence-corrected chi connectivity index (χ1v) is 10.4. The molecule has 0 spiro atoms. The Balaban J connectivity index is 1.25. The first-order valence-electron chi connectivity index (χ1n) is 9.50. The van der Waals surface area contributed by atoms with Gasteiger partial charge in [-0.15, -0.1) is 11.3 Å². The van der Waals surface area contributed by atoms with Crippen molar-refractivity contribution in [3.8, 4) is 10.7 Å². The second-order valence-corrected chi connectivity index (χ2v) is 8.08. The maximum atomic E-state index is 4.80. The molecule has 0 atom stereocenters. The zero-order valence-corrected chi connectivity index (χ0v) is 16.3. The molecule has 0 saturated heterocycles. The van der Waals surface area contributed by atoms with E-state index in [2.05, 4.69) is 56.9 Å². The summed E-state index contributed by atoms with van der Waals surface area (Å²) in [5.74, 6) is 0.851. The molecule has 5 rings (SSSR count). The second kappa shape index (κ2) is 7.66. The van der Waals surface area contributed by atoms with Gasteiger partial charge in [-0.2, -0.15) is 5.10 Å². The molecule has 0 fully saturated rings. The van der Waals surface area contributed by atoms with E-state index in [-0.39, 0.29) is 0 Å². The predicted molar refractivity (Wildman–Crippen MR) is 111 cm³/mol. The van der Waals surface area contributed by atoms with Crippen molar-refractivity contribution in [2.24, 2.45) is 0 Å². The number of rotatable bonds is 5. The van der Waals surface area contributed by atoms with E-state index in [0.29, 0.717) is 0 Å². The van der Waals surface area contributed by atoms with E-state index in [1.807, 2.05) is 29.2 Å². The molecule has 1 aromatic carbocycles. The van der Waals surface area contributed by atoms with Crippen LogP contribution in [0.4, 0.5) is 0 Å². The lowest BCUT2D eigenvalue weighted by Crippen LogP contribution is -2.30. The number of thiophene rings is 1. The van der Waals surface area contributed by atoms with Crippen molar-refractivity contribution in [1.82, 2.24) is 24.6 Å². The average molecular weight is 388 g/mol. The van der Waals surface area contributed by atoms with Crippen LogP contribution in [-0.2, 0) is 26.1 Å². The lowest BCUT2D eigenvalue weighted by atomic mass is 10.1. The van der Waals surface area contributed by atoms with E-state index in [0.717, 1.165) is 43.3 Å². The summed E-state index contributed by atoms with van der Waals surface area (Å²) in [5.41, 5.74) is 4.94. The highest BCUT2D eigenvalue weighted by Gasteiger charge is 2.19. The van der Waals surface area contributed by atoms with Crippen molar-refractivity contribution in [2.75, 3.05) is 6.54 Å². The number of nitrogens with zero attached hydrogens (tertiary/aromatic N) is 5. The first kappa shape index (κ1) is 17.3. The Morgan fingerprint density at radius 2 is 1.89 bits per heavy atom. The number of aromatic nitrogens is 4. The maximum absolute atomic E-state index is 4.80. The maximum Gasteiger partial charge on any atom is 0.169 e. The van der Waals surface area contributed by atoms with Gasteiger partial charge in [0.1, 0.15) is 0 Å². The minimum atomic E-state index is 0.809. The standard InChI is InChI=1S/C22H21N5S/c1-2-5-17(6-3-1)14-27-15-18(11-24-27)13-26-9-8-20-19(16-26)12-23-22(25-20)21-7-4-10-28-21/h1-7,10-12,15H,8-9,13-14,16H2. The van der Waals surface area contributed by atoms with Crippen LogP contribution in [0.1, 0.15) is 22.4 Å². The van der Waals surface area contributed by atoms with Crippen LogP contribution in [0.15, 0.2) is 66.4 Å². The summed E-state index contributed by atoms with van der Waals surface area (Å²) in [5, 5.41) is 6.60. The molecular weight excluding hydrogens is 366 g/mol. The quantitative estimate of drug-likeness (QED) is 0.519. The minimum Gasteiger partial charge on any atom is -0.294 e. The van der Waals surface area contributed by atoms with Gasteiger partial charge in [-0.3, -0.25) is 9.58 Å². The molecule has 6 heteroatoms. The summed E-state index contributed by atoms with van der Waals surface area (Å²) in [6.07, 6.45) is 7.10. The van der Waals surface area contributed by atoms with Crippen molar-refractivity contribution < 1.29 is 0 Å². The Morgan fingerprint density at radius 1 is 0.964 bits per heavy atom. The molecular formula is C22H21N5S. The van der Waals surface area contributed by atoms with Crippen molar-refractivity contribution in [1.29, 1.82) is 0 Å². The third-order valence-electron chi connectivity index (χ3n) is 5.03. The molecule has 3 aromatic heterocycles. The van der Waals surface area contributed by atoms with Gasteiger partial charge >= 0.3 is 0 Å². The lowest BCUT2D eigenvalue weighted by molar-refractivity contribution is 0.243. The van der Waals surface area contributed by atoms with Crippen molar-refractivity contribution in [3.63, 3.8) is 0 Å². The molecule has 5 nitrogen and oxygen atoms in total. The van der Waals surface area contributed by atoms with Gasteiger partial charge in [-0.05, 0) is 17.0 Å². The zero-order chi connectivity index (χ0) is 18.8. The van der Waals surface area contributed by atoms with Crippen LogP contribution in [0.3, 0.4) is 0 Å². The van der Waals surface area contributed by atoms with Crippen LogP contribution in [0.5, 0.6) is 0 Å². The highest BCUT2D eigenvalue weighted by Crippen LogP contribution is 2.24. The van der Waals surface area contributed by atoms with E-state index in [1.54, 1.807) is 11.3 Å². The molecule has 0 saturated carbocycles. The van der Waals surface area contributed by atoms with Gasteiger partial charge in [-0.25, -0.2) is 9.97 Å². The fourth-order valence-electron chi connectivity index (χ4n) is 3.64. The normalized spacial score (nSPS) is 14.1. The van der Waals surface area contributed by atoms with Crippen LogP contribution >= 0.6 is 11.3 Å². The molecule has 1 aliphatic heterocycles. The van der Waals surface area contributed by atoms with Gasteiger partial charge in [0.2, 0.25) is 0 Å². The van der Waals surface area contributed by atoms with Crippen LogP contribution in [0.25, 0.3) is 10.7 Å². The summed E-state index contributed by atoms with van der Waals surface area (Å²) < 4.78 is 2.01. The SMILES string of the molecule is c1ccc(Cn2cc(CN3CCc4nc(-c5cccs5)ncc4C3)cn2)cc1. The number of hydrogen-bond acceptors (Lipinski definition) is 5. The molecule has 0 radical (unpaired) electrons. The van der Waals surface area contributed by atoms with Crippen LogP contribution < -0.4 is 0 Å². The van der Waals surface area contributed by atoms with Gasteiger partial charge in [0.25, 0.3) is 0 Å². The lowest BCUT2D eigenvalue weighted by Gasteiger charge is -2.27. The van der Waals surface area contributed by atoms with Crippen molar-refractivity contribution >= 4 is 11.3 Å². The van der Waals surface area contributed by atoms with Crippen LogP contribution in [0.2, 0.25) is 0 Å². The summed E-state index contributed by atoms with van der Waals surface area (Å²) >= 11 is 1.69. The molecule has 140 valence electrons. The Morgan fingerprint density at radius 3 is 2.75 bits per heavy atom. The van der Waals surface area contributed by atoms with Crippen LogP contribution in [-0.4, -0.2) is 31.2 Å². The highest BCUT2D eigenvalue weighted by atomic mass is 32.1. The largest absolute Gasteiger partial charge is 0.294 e. The molecule has 0 N–H and O–H groups in total. The second-order valence-electron chi connectivity index (χ2n) is 7.14. The van der Waals surface area contributed by atoms with Gasteiger partial charge in [0, 0.05) is 49.6 Å². The molecule has 4 aromatic rings. The Bertz CT molecular complexity index is 1060. The minimum absolute atomic E-state index is 0.809. The first-order chi connectivity index (χ1) is 13.8. The van der Waals surface area contributed by atoms with Gasteiger partial charge < -0.3 is 0 Å². The van der Waals surface area contributed by atoms with Gasteiger partial charge in [-0.1, -0.05) is 36.4 Å². The highest BCUT2D eigenvalue weighted by molar-refractivity contribution is 7.13. The molecule has 28 heavy (non-hydrogen) atoms. The molecule has 1 aliphatic rings. The predicted octanol–water partition coefficient (Wildman–Crippen LogP) is 4.01. The monoisotopic (exact) mass is 387 g/mol. The Kier molecular flexibility index (Phi) is 4.72. The summed E-state index contributed by atoms with van der Waals surface area (Å²) in [6.45, 7) is 3.62. The number of hydrogen-bond donors (Lipinski definition) is 0. The van der Waals surface area contributed by atoms with Gasteiger partial charge in [0.15, 0.2) is 5.82 Å². The number of fused-ring (bicyclic) bond motifs is 1. The average Bonchev–Trinajstić information content (AvgIpc) is 3.41. The van der Waals surface area contributed by atoms with Gasteiger partial charge in [0.05, 0.1) is 23.3 Å². The molecule has 0 bridgehead atoms. The third-order valence-corrected chi connectivity index (χ3v) is 5.90. The molecule has 0 amide bonds. The third kappa shape index (κ3) is 3.74. The summed E-state index contributed by atoms with van der Waals surface area (Å²) in [7, 11) is 0. The van der Waals surface area contributed by atoms with E-state index in [1.165, 1.54) is 22.4 Å². The molecule has 0 unspecified atom stereocenters. The van der Waals surface area contributed by atoms with Crippen molar-refractivity contribution in [2.45, 2.75) is 26.1 Å². The fourth-order valence-corrected chi connectivity index (χ4v) is 4.30. The zero-order valence-electron chi connectivity index (χ0n) is 15.5. The Labute approximate surface area is 168 Å².